The predicted octanol–water partition coefficient (Wildman–Crippen LogP) is 2.36. The molecule has 3 aliphatic heterocycles. The van der Waals surface area contributed by atoms with E-state index in [2.05, 4.69) is 21.9 Å². The van der Waals surface area contributed by atoms with Crippen molar-refractivity contribution in [1.82, 2.24) is 9.80 Å². The molecule has 6 atom stereocenters. The number of ether oxygens (including phenoxy) is 3. The average molecular weight is 627 g/mol. The van der Waals surface area contributed by atoms with E-state index in [1.54, 1.807) is 0 Å². The smallest absolute Gasteiger partial charge is 0.339 e. The largest absolute Gasteiger partial charge is 0.504 e. The molecule has 3 aromatic rings. The highest BCUT2D eigenvalue weighted by Gasteiger charge is 2.53. The maximum absolute atomic E-state index is 13.4. The molecule has 0 saturated carbocycles. The fourth-order valence-corrected chi connectivity index (χ4v) is 6.69. The molecule has 12 heteroatoms. The molecular weight excluding hydrogens is 592 g/mol. The molecule has 0 radical (unpaired) electrons. The minimum atomic E-state index is -1.57. The number of fused-ring (bicyclic) bond motifs is 3. The Morgan fingerprint density at radius 1 is 0.955 bits per heavy atom. The van der Waals surface area contributed by atoms with Gasteiger partial charge in [0, 0.05) is 48.9 Å². The molecule has 6 rings (SSSR count). The summed E-state index contributed by atoms with van der Waals surface area (Å²) in [6.45, 7) is 2.09. The number of piperazine rings is 1. The van der Waals surface area contributed by atoms with Gasteiger partial charge >= 0.3 is 5.97 Å². The van der Waals surface area contributed by atoms with Gasteiger partial charge in [0.15, 0.2) is 17.6 Å². The van der Waals surface area contributed by atoms with E-state index in [0.29, 0.717) is 31.2 Å². The Balaban J connectivity index is 1.29. The number of methoxy groups -OCH3 is 1. The van der Waals surface area contributed by atoms with Crippen LogP contribution in [0.1, 0.15) is 44.8 Å². The Morgan fingerprint density at radius 3 is 2.25 bits per heavy atom. The maximum atomic E-state index is 13.4. The molecule has 5 N–H and O–H groups in total. The lowest BCUT2D eigenvalue weighted by Crippen LogP contribution is -2.58. The van der Waals surface area contributed by atoms with Crippen LogP contribution in [0.15, 0.2) is 54.6 Å². The molecule has 11 nitrogen and oxygen atoms in total. The zero-order valence-electron chi connectivity index (χ0n) is 24.0. The number of hydrogen-bond donors (Lipinski definition) is 5. The number of carbonyl (C=O) groups is 1. The number of nitrogens with zero attached hydrogens (tertiary/aromatic N) is 2. The van der Waals surface area contributed by atoms with Crippen molar-refractivity contribution < 1.29 is 44.5 Å². The molecule has 2 fully saturated rings. The van der Waals surface area contributed by atoms with E-state index in [4.69, 9.17) is 25.8 Å². The van der Waals surface area contributed by atoms with Gasteiger partial charge in [0.25, 0.3) is 0 Å². The molecule has 0 amide bonds. The number of phenols is 2. The first-order chi connectivity index (χ1) is 21.2. The Kier molecular flexibility index (Phi) is 8.71. The van der Waals surface area contributed by atoms with Crippen LogP contribution in [-0.4, -0.2) is 106 Å². The van der Waals surface area contributed by atoms with Crippen LogP contribution in [0.25, 0.3) is 0 Å². The number of benzene rings is 3. The summed E-state index contributed by atoms with van der Waals surface area (Å²) < 4.78 is 16.7. The van der Waals surface area contributed by atoms with E-state index in [1.807, 2.05) is 42.5 Å². The fraction of sp³-hybridized carbons (Fsp3) is 0.406. The second kappa shape index (κ2) is 12.5. The van der Waals surface area contributed by atoms with Gasteiger partial charge in [0.1, 0.15) is 24.4 Å². The van der Waals surface area contributed by atoms with Gasteiger partial charge in [-0.1, -0.05) is 54.1 Å². The van der Waals surface area contributed by atoms with Crippen molar-refractivity contribution in [3.8, 4) is 17.2 Å². The van der Waals surface area contributed by atoms with Crippen LogP contribution < -0.4 is 4.74 Å². The van der Waals surface area contributed by atoms with E-state index in [0.717, 1.165) is 11.1 Å². The minimum absolute atomic E-state index is 0.00200. The molecule has 0 aliphatic carbocycles. The summed E-state index contributed by atoms with van der Waals surface area (Å²) in [6.07, 6.45) is -6.83. The molecule has 0 aromatic heterocycles. The maximum Gasteiger partial charge on any atom is 0.339 e. The fourth-order valence-electron chi connectivity index (χ4n) is 6.56. The monoisotopic (exact) mass is 626 g/mol. The zero-order chi connectivity index (χ0) is 31.1. The van der Waals surface area contributed by atoms with Gasteiger partial charge in [-0.05, 0) is 23.3 Å². The molecule has 0 spiro atoms. The molecule has 3 aliphatic rings. The Labute approximate surface area is 259 Å². The zero-order valence-corrected chi connectivity index (χ0v) is 24.8. The number of carbonyl (C=O) groups excluding carboxylic acids is 1. The van der Waals surface area contributed by atoms with Crippen molar-refractivity contribution >= 4 is 17.6 Å². The summed E-state index contributed by atoms with van der Waals surface area (Å²) in [5, 5.41) is 53.7. The number of halogens is 1. The van der Waals surface area contributed by atoms with Crippen LogP contribution in [0.4, 0.5) is 0 Å². The van der Waals surface area contributed by atoms with Crippen LogP contribution >= 0.6 is 11.6 Å². The second-order valence-electron chi connectivity index (χ2n) is 11.3. The molecule has 3 unspecified atom stereocenters. The highest BCUT2D eigenvalue weighted by molar-refractivity contribution is 6.30. The van der Waals surface area contributed by atoms with Gasteiger partial charge in [-0.2, -0.15) is 0 Å². The highest BCUT2D eigenvalue weighted by atomic mass is 35.5. The number of phenolic OH excluding ortho intramolecular Hbond substituents is 2. The van der Waals surface area contributed by atoms with Crippen molar-refractivity contribution in [3.63, 3.8) is 0 Å². The van der Waals surface area contributed by atoms with E-state index >= 15 is 0 Å². The summed E-state index contributed by atoms with van der Waals surface area (Å²) >= 11 is 6.17. The van der Waals surface area contributed by atoms with Crippen LogP contribution in [0.5, 0.6) is 17.2 Å². The van der Waals surface area contributed by atoms with Crippen LogP contribution in [0.2, 0.25) is 5.02 Å². The van der Waals surface area contributed by atoms with Crippen molar-refractivity contribution in [1.29, 1.82) is 0 Å². The summed E-state index contributed by atoms with van der Waals surface area (Å²) in [4.78, 5) is 17.8. The number of aliphatic hydroxyl groups excluding tert-OH is 3. The third-order valence-electron chi connectivity index (χ3n) is 8.80. The van der Waals surface area contributed by atoms with Crippen molar-refractivity contribution in [2.75, 3.05) is 39.9 Å². The summed E-state index contributed by atoms with van der Waals surface area (Å²) in [5.41, 5.74) is 2.34. The molecule has 234 valence electrons. The highest BCUT2D eigenvalue weighted by Crippen LogP contribution is 2.52. The number of esters is 1. The van der Waals surface area contributed by atoms with Crippen molar-refractivity contribution in [3.05, 3.63) is 87.4 Å². The van der Waals surface area contributed by atoms with Gasteiger partial charge < -0.3 is 39.7 Å². The Morgan fingerprint density at radius 2 is 1.61 bits per heavy atom. The van der Waals surface area contributed by atoms with Crippen molar-refractivity contribution in [2.24, 2.45) is 0 Å². The minimum Gasteiger partial charge on any atom is -0.504 e. The first-order valence-corrected chi connectivity index (χ1v) is 14.9. The third-order valence-corrected chi connectivity index (χ3v) is 9.05. The molecule has 2 saturated heterocycles. The first-order valence-electron chi connectivity index (χ1n) is 14.5. The number of aliphatic hydroxyl groups is 3. The van der Waals surface area contributed by atoms with Crippen LogP contribution in [-0.2, 0) is 16.0 Å². The van der Waals surface area contributed by atoms with E-state index in [-0.39, 0.29) is 35.0 Å². The van der Waals surface area contributed by atoms with Gasteiger partial charge in [-0.25, -0.2) is 4.79 Å². The number of aromatic hydroxyl groups is 2. The van der Waals surface area contributed by atoms with Crippen LogP contribution in [0, 0.1) is 0 Å². The molecular formula is C32H35ClN2O9. The van der Waals surface area contributed by atoms with Crippen molar-refractivity contribution in [2.45, 2.75) is 43.1 Å². The summed E-state index contributed by atoms with van der Waals surface area (Å²) in [5.74, 6) is -2.07. The number of hydrogen-bond acceptors (Lipinski definition) is 11. The molecule has 3 aromatic carbocycles. The second-order valence-corrected chi connectivity index (χ2v) is 11.7. The average Bonchev–Trinajstić information content (AvgIpc) is 3.03. The topological polar surface area (TPSA) is 152 Å². The van der Waals surface area contributed by atoms with Gasteiger partial charge in [-0.15, -0.1) is 0 Å². The summed E-state index contributed by atoms with van der Waals surface area (Å²) in [6, 6.07) is 18.0. The summed E-state index contributed by atoms with van der Waals surface area (Å²) in [7, 11) is 1.28. The van der Waals surface area contributed by atoms with E-state index < -0.39 is 54.6 Å². The van der Waals surface area contributed by atoms with Gasteiger partial charge in [0.05, 0.1) is 25.3 Å². The Hall–Kier alpha value is -3.42. The lowest BCUT2D eigenvalue weighted by atomic mass is 9.84. The Bertz CT molecular complexity index is 1500. The number of rotatable bonds is 7. The molecule has 44 heavy (non-hydrogen) atoms. The third kappa shape index (κ3) is 5.39. The normalized spacial score (nSPS) is 26.4. The lowest BCUT2D eigenvalue weighted by Gasteiger charge is -2.45. The standard InChI is InChI=1S/C32H35ClN2O9/c1-42-30-25(37)20(22-23(27(30)39)29-31(44-32(22)41)28(40)26(38)21(16-36)43-29)15-34-11-13-35(14-12-34)24(17-5-3-2-4-6-17)18-7-9-19(33)10-8-18/h2-10,21,24,26,28-29,31,36-40H,11-16H2,1H3/t21-,24?,26-,28+,29?,31?/m1/s1. The predicted molar refractivity (Wildman–Crippen MR) is 159 cm³/mol. The quantitative estimate of drug-likeness (QED) is 0.246. The molecule has 0 bridgehead atoms. The lowest BCUT2D eigenvalue weighted by molar-refractivity contribution is -0.235. The van der Waals surface area contributed by atoms with E-state index in [1.165, 1.54) is 7.11 Å². The van der Waals surface area contributed by atoms with Crippen LogP contribution in [0.3, 0.4) is 0 Å². The molecule has 3 heterocycles. The SMILES string of the molecule is COc1c(O)c(CN2CCN(C(c3ccccc3)c3ccc(Cl)cc3)CC2)c2c(c1O)C1O[C@H](CO)[C@@H](O)[C@H](O)C1OC2=O. The van der Waals surface area contributed by atoms with E-state index in [9.17, 15) is 30.3 Å². The van der Waals surface area contributed by atoms with Gasteiger partial charge in [0.2, 0.25) is 5.75 Å². The van der Waals surface area contributed by atoms with Gasteiger partial charge in [-0.3, -0.25) is 9.80 Å². The first kappa shape index (κ1) is 30.6.